The molecule has 1 aliphatic carbocycles. The predicted molar refractivity (Wildman–Crippen MR) is 82.0 cm³/mol. The summed E-state index contributed by atoms with van der Waals surface area (Å²) in [4.78, 5) is 24.9. The smallest absolute Gasteiger partial charge is 0.361 e. The van der Waals surface area contributed by atoms with Gasteiger partial charge in [0, 0.05) is 17.7 Å². The van der Waals surface area contributed by atoms with Crippen molar-refractivity contribution in [3.8, 4) is 0 Å². The number of benzene rings is 1. The molecule has 0 spiro atoms. The van der Waals surface area contributed by atoms with E-state index in [1.165, 1.54) is 19.4 Å². The molecule has 126 valence electrons. The van der Waals surface area contributed by atoms with Crippen LogP contribution in [0.3, 0.4) is 0 Å². The maximum Gasteiger partial charge on any atom is 0.361 e. The summed E-state index contributed by atoms with van der Waals surface area (Å²) >= 11 is 0. The zero-order valence-corrected chi connectivity index (χ0v) is 13.8. The van der Waals surface area contributed by atoms with Crippen molar-refractivity contribution in [1.82, 2.24) is 5.16 Å². The van der Waals surface area contributed by atoms with Crippen LogP contribution in [0.2, 0.25) is 0 Å². The molecule has 2 aromatic rings. The van der Waals surface area contributed by atoms with Crippen molar-refractivity contribution in [2.24, 2.45) is 0 Å². The van der Waals surface area contributed by atoms with E-state index in [0.717, 1.165) is 25.0 Å². The number of rotatable bonds is 5. The fraction of sp³-hybridized carbons (Fsp3) is 0.312. The van der Waals surface area contributed by atoms with Crippen LogP contribution in [0.5, 0.6) is 0 Å². The summed E-state index contributed by atoms with van der Waals surface area (Å²) in [6, 6.07) is 3.40. The summed E-state index contributed by atoms with van der Waals surface area (Å²) in [5, 5.41) is 3.67. The molecular formula is C16H14FNO5S. The van der Waals surface area contributed by atoms with Crippen LogP contribution in [-0.2, 0) is 15.5 Å². The van der Waals surface area contributed by atoms with Crippen molar-refractivity contribution in [3.05, 3.63) is 46.6 Å². The highest BCUT2D eigenvalue weighted by atomic mass is 32.2. The Morgan fingerprint density at radius 1 is 1.38 bits per heavy atom. The second-order valence-electron chi connectivity index (χ2n) is 5.46. The van der Waals surface area contributed by atoms with Gasteiger partial charge in [-0.2, -0.15) is 0 Å². The fourth-order valence-electron chi connectivity index (χ4n) is 2.44. The number of halogens is 1. The van der Waals surface area contributed by atoms with Crippen LogP contribution in [0.1, 0.15) is 50.9 Å². The highest BCUT2D eigenvalue weighted by molar-refractivity contribution is 7.84. The minimum atomic E-state index is -1.58. The summed E-state index contributed by atoms with van der Waals surface area (Å²) in [6.45, 7) is 0. The first-order chi connectivity index (χ1) is 11.4. The first-order valence-corrected chi connectivity index (χ1v) is 8.75. The average molecular weight is 351 g/mol. The van der Waals surface area contributed by atoms with Gasteiger partial charge in [0.15, 0.2) is 11.5 Å². The second-order valence-corrected chi connectivity index (χ2v) is 6.81. The normalized spacial score (nSPS) is 15.1. The lowest BCUT2D eigenvalue weighted by molar-refractivity contribution is 0.0586. The Kier molecular flexibility index (Phi) is 4.31. The molecule has 1 atom stereocenters. The molecule has 3 rings (SSSR count). The van der Waals surface area contributed by atoms with Gasteiger partial charge < -0.3 is 9.26 Å². The molecule has 0 radical (unpaired) electrons. The number of ether oxygens (including phenoxy) is 1. The van der Waals surface area contributed by atoms with Gasteiger partial charge in [-0.1, -0.05) is 5.16 Å². The lowest BCUT2D eigenvalue weighted by Crippen LogP contribution is -2.14. The highest BCUT2D eigenvalue weighted by Crippen LogP contribution is 2.43. The Morgan fingerprint density at radius 3 is 2.67 bits per heavy atom. The zero-order chi connectivity index (χ0) is 17.4. The van der Waals surface area contributed by atoms with Crippen LogP contribution in [0, 0.1) is 5.82 Å². The van der Waals surface area contributed by atoms with E-state index in [-0.39, 0.29) is 27.6 Å². The van der Waals surface area contributed by atoms with Crippen LogP contribution in [0.4, 0.5) is 4.39 Å². The van der Waals surface area contributed by atoms with Gasteiger partial charge in [0.05, 0.1) is 22.8 Å². The molecule has 0 aliphatic heterocycles. The Labute approximate surface area is 139 Å². The molecule has 8 heteroatoms. The van der Waals surface area contributed by atoms with Crippen molar-refractivity contribution in [3.63, 3.8) is 0 Å². The molecule has 0 N–H and O–H groups in total. The first kappa shape index (κ1) is 16.5. The molecule has 24 heavy (non-hydrogen) atoms. The van der Waals surface area contributed by atoms with Crippen molar-refractivity contribution in [2.75, 3.05) is 13.4 Å². The van der Waals surface area contributed by atoms with Gasteiger partial charge in [0.2, 0.25) is 5.69 Å². The number of nitrogens with zero attached hydrogens (tertiary/aromatic N) is 1. The standard InChI is InChI=1S/C16H14FNO5S/c1-22-16(20)13-12(15(23-18-13)8-3-4-8)14(19)10-6-5-9(17)7-11(10)24(2)21/h5-8H,3-4H2,1-2H3. The van der Waals surface area contributed by atoms with Gasteiger partial charge in [-0.25, -0.2) is 9.18 Å². The number of esters is 1. The minimum absolute atomic E-state index is 0.00246. The average Bonchev–Trinajstić information content (AvgIpc) is 3.31. The summed E-state index contributed by atoms with van der Waals surface area (Å²) in [5.41, 5.74) is -0.170. The van der Waals surface area contributed by atoms with E-state index in [2.05, 4.69) is 9.89 Å². The lowest BCUT2D eigenvalue weighted by atomic mass is 9.99. The molecule has 0 bridgehead atoms. The largest absolute Gasteiger partial charge is 0.464 e. The zero-order valence-electron chi connectivity index (χ0n) is 13.0. The Hall–Kier alpha value is -2.35. The molecule has 1 aromatic heterocycles. The number of ketones is 1. The molecular weight excluding hydrogens is 337 g/mol. The van der Waals surface area contributed by atoms with Gasteiger partial charge in [-0.15, -0.1) is 0 Å². The summed E-state index contributed by atoms with van der Waals surface area (Å²) < 4.78 is 35.1. The van der Waals surface area contributed by atoms with Crippen LogP contribution in [0.25, 0.3) is 0 Å². The van der Waals surface area contributed by atoms with Crippen molar-refractivity contribution < 1.29 is 27.4 Å². The lowest BCUT2D eigenvalue weighted by Gasteiger charge is -2.07. The molecule has 1 aromatic carbocycles. The van der Waals surface area contributed by atoms with Crippen molar-refractivity contribution >= 4 is 22.6 Å². The minimum Gasteiger partial charge on any atom is -0.464 e. The molecule has 0 saturated heterocycles. The van der Waals surface area contributed by atoms with Gasteiger partial charge >= 0.3 is 5.97 Å². The van der Waals surface area contributed by atoms with Gasteiger partial charge in [0.1, 0.15) is 11.4 Å². The van der Waals surface area contributed by atoms with Crippen LogP contribution in [-0.4, -0.2) is 34.5 Å². The maximum absolute atomic E-state index is 13.4. The van der Waals surface area contributed by atoms with Gasteiger partial charge in [-0.05, 0) is 31.0 Å². The van der Waals surface area contributed by atoms with Crippen LogP contribution >= 0.6 is 0 Å². The summed E-state index contributed by atoms with van der Waals surface area (Å²) in [7, 11) is -0.409. The summed E-state index contributed by atoms with van der Waals surface area (Å²) in [6.07, 6.45) is 3.00. The van der Waals surface area contributed by atoms with Gasteiger partial charge in [-0.3, -0.25) is 9.00 Å². The van der Waals surface area contributed by atoms with E-state index >= 15 is 0 Å². The van der Waals surface area contributed by atoms with E-state index in [4.69, 9.17) is 4.52 Å². The third-order valence-electron chi connectivity index (χ3n) is 3.77. The van der Waals surface area contributed by atoms with Crippen molar-refractivity contribution in [1.29, 1.82) is 0 Å². The highest BCUT2D eigenvalue weighted by Gasteiger charge is 2.38. The monoisotopic (exact) mass is 351 g/mol. The number of hydrogen-bond acceptors (Lipinski definition) is 6. The van der Waals surface area contributed by atoms with E-state index in [0.29, 0.717) is 5.76 Å². The fourth-order valence-corrected chi connectivity index (χ4v) is 3.19. The van der Waals surface area contributed by atoms with Crippen molar-refractivity contribution in [2.45, 2.75) is 23.7 Å². The number of carbonyl (C=O) groups excluding carboxylic acids is 2. The maximum atomic E-state index is 13.4. The number of methoxy groups -OCH3 is 1. The van der Waals surface area contributed by atoms with E-state index in [1.807, 2.05) is 0 Å². The molecule has 1 unspecified atom stereocenters. The number of aromatic nitrogens is 1. The topological polar surface area (TPSA) is 86.5 Å². The first-order valence-electron chi connectivity index (χ1n) is 7.19. The molecule has 1 aliphatic rings. The molecule has 1 saturated carbocycles. The van der Waals surface area contributed by atoms with E-state index < -0.39 is 28.4 Å². The van der Waals surface area contributed by atoms with Gasteiger partial charge in [0.25, 0.3) is 0 Å². The number of carbonyl (C=O) groups is 2. The molecule has 1 fully saturated rings. The number of hydrogen-bond donors (Lipinski definition) is 0. The third kappa shape index (κ3) is 2.89. The predicted octanol–water partition coefficient (Wildman–Crippen LogP) is 2.45. The van der Waals surface area contributed by atoms with Crippen LogP contribution < -0.4 is 0 Å². The quantitative estimate of drug-likeness (QED) is 0.607. The van der Waals surface area contributed by atoms with E-state index in [9.17, 15) is 18.2 Å². The SMILES string of the molecule is COC(=O)c1noc(C2CC2)c1C(=O)c1ccc(F)cc1S(C)=O. The van der Waals surface area contributed by atoms with Crippen LogP contribution in [0.15, 0.2) is 27.6 Å². The Bertz CT molecular complexity index is 856. The van der Waals surface area contributed by atoms with E-state index in [1.54, 1.807) is 0 Å². The third-order valence-corrected chi connectivity index (χ3v) is 4.73. The molecule has 6 nitrogen and oxygen atoms in total. The second kappa shape index (κ2) is 6.27. The molecule has 1 heterocycles. The molecule has 0 amide bonds. The Balaban J connectivity index is 2.15. The Morgan fingerprint density at radius 2 is 2.08 bits per heavy atom. The summed E-state index contributed by atoms with van der Waals surface area (Å²) in [5.74, 6) is -1.64.